The van der Waals surface area contributed by atoms with Crippen LogP contribution in [0.3, 0.4) is 0 Å². The van der Waals surface area contributed by atoms with Crippen molar-refractivity contribution in [2.45, 2.75) is 19.4 Å². The van der Waals surface area contributed by atoms with E-state index in [2.05, 4.69) is 42.5 Å². The van der Waals surface area contributed by atoms with Crippen LogP contribution >= 0.6 is 0 Å². The summed E-state index contributed by atoms with van der Waals surface area (Å²) in [5, 5.41) is 0. The van der Waals surface area contributed by atoms with Crippen molar-refractivity contribution in [1.29, 1.82) is 0 Å². The molecule has 0 spiro atoms. The van der Waals surface area contributed by atoms with E-state index in [-0.39, 0.29) is 6.04 Å². The first-order chi connectivity index (χ1) is 7.75. The van der Waals surface area contributed by atoms with Crippen LogP contribution in [0.15, 0.2) is 48.5 Å². The largest absolute Gasteiger partial charge is 0.328 e. The van der Waals surface area contributed by atoms with E-state index in [4.69, 9.17) is 5.73 Å². The topological polar surface area (TPSA) is 26.0 Å². The molecule has 2 aromatic rings. The van der Waals surface area contributed by atoms with Crippen molar-refractivity contribution in [2.24, 2.45) is 5.73 Å². The number of rotatable bonds is 3. The van der Waals surface area contributed by atoms with Crippen molar-refractivity contribution in [3.05, 3.63) is 60.2 Å². The molecule has 0 heterocycles. The third-order valence-electron chi connectivity index (χ3n) is 2.56. The highest BCUT2D eigenvalue weighted by molar-refractivity contribution is 5.63. The highest BCUT2D eigenvalue weighted by Gasteiger charge is 1.99. The Labute approximate surface area is 96.9 Å². The minimum absolute atomic E-state index is 0.220. The summed E-state index contributed by atoms with van der Waals surface area (Å²) in [4.78, 5) is 0. The molecule has 16 heavy (non-hydrogen) atoms. The predicted molar refractivity (Wildman–Crippen MR) is 68.1 cm³/mol. The zero-order valence-electron chi connectivity index (χ0n) is 9.48. The normalized spacial score (nSPS) is 12.4. The average Bonchev–Trinajstić information content (AvgIpc) is 2.30. The van der Waals surface area contributed by atoms with Crippen molar-refractivity contribution in [2.75, 3.05) is 0 Å². The minimum atomic E-state index is 0.220. The van der Waals surface area contributed by atoms with Crippen LogP contribution < -0.4 is 5.73 Å². The highest BCUT2D eigenvalue weighted by atomic mass is 14.6. The first-order valence-electron chi connectivity index (χ1n) is 5.57. The molecule has 0 aromatic heterocycles. The van der Waals surface area contributed by atoms with Gasteiger partial charge in [-0.3, -0.25) is 0 Å². The van der Waals surface area contributed by atoms with E-state index in [0.29, 0.717) is 0 Å². The van der Waals surface area contributed by atoms with Crippen LogP contribution in [0, 0.1) is 6.07 Å². The number of hydrogen-bond donors (Lipinski definition) is 1. The first-order valence-corrected chi connectivity index (χ1v) is 5.57. The van der Waals surface area contributed by atoms with Gasteiger partial charge in [-0.25, -0.2) is 0 Å². The van der Waals surface area contributed by atoms with Crippen LogP contribution in [0.5, 0.6) is 0 Å². The average molecular weight is 210 g/mol. The van der Waals surface area contributed by atoms with Gasteiger partial charge in [-0.1, -0.05) is 48.5 Å². The van der Waals surface area contributed by atoms with E-state index in [1.807, 2.05) is 19.1 Å². The molecule has 1 atom stereocenters. The lowest BCUT2D eigenvalue weighted by molar-refractivity contribution is 0.738. The lowest BCUT2D eigenvalue weighted by Crippen LogP contribution is -2.17. The molecule has 0 fully saturated rings. The molecule has 1 nitrogen and oxygen atoms in total. The summed E-state index contributed by atoms with van der Waals surface area (Å²) in [7, 11) is 0. The molecule has 2 N–H and O–H groups in total. The Morgan fingerprint density at radius 1 is 1.00 bits per heavy atom. The molecule has 0 aliphatic rings. The molecule has 0 aliphatic heterocycles. The Morgan fingerprint density at radius 3 is 2.12 bits per heavy atom. The monoisotopic (exact) mass is 210 g/mol. The zero-order chi connectivity index (χ0) is 11.4. The van der Waals surface area contributed by atoms with E-state index < -0.39 is 0 Å². The summed E-state index contributed by atoms with van der Waals surface area (Å²) in [5.41, 5.74) is 9.53. The fourth-order valence-electron chi connectivity index (χ4n) is 1.78. The fourth-order valence-corrected chi connectivity index (χ4v) is 1.78. The smallest absolute Gasteiger partial charge is 0.00509 e. The van der Waals surface area contributed by atoms with E-state index in [9.17, 15) is 0 Å². The Hall–Kier alpha value is -1.60. The molecular weight excluding hydrogens is 194 g/mol. The molecular formula is C15H16N. The summed E-state index contributed by atoms with van der Waals surface area (Å²) in [6, 6.07) is 19.8. The van der Waals surface area contributed by atoms with Gasteiger partial charge in [-0.05, 0) is 36.1 Å². The summed E-state index contributed by atoms with van der Waals surface area (Å²) in [6.07, 6.45) is 0.933. The second-order valence-corrected chi connectivity index (χ2v) is 4.17. The first kappa shape index (κ1) is 10.9. The van der Waals surface area contributed by atoms with Crippen molar-refractivity contribution in [1.82, 2.24) is 0 Å². The van der Waals surface area contributed by atoms with Crippen molar-refractivity contribution < 1.29 is 0 Å². The van der Waals surface area contributed by atoms with Gasteiger partial charge in [0.15, 0.2) is 0 Å². The Balaban J connectivity index is 2.20. The second-order valence-electron chi connectivity index (χ2n) is 4.17. The maximum Gasteiger partial charge on any atom is 0.00509 e. The second kappa shape index (κ2) is 4.95. The minimum Gasteiger partial charge on any atom is -0.328 e. The van der Waals surface area contributed by atoms with Gasteiger partial charge in [-0.2, -0.15) is 0 Å². The summed E-state index contributed by atoms with van der Waals surface area (Å²) in [6.45, 7) is 2.03. The number of nitrogens with two attached hydrogens (primary N) is 1. The van der Waals surface area contributed by atoms with Gasteiger partial charge in [0.25, 0.3) is 0 Å². The highest BCUT2D eigenvalue weighted by Crippen LogP contribution is 2.19. The third kappa shape index (κ3) is 2.71. The molecule has 2 rings (SSSR count). The lowest BCUT2D eigenvalue weighted by atomic mass is 10.0. The van der Waals surface area contributed by atoms with Crippen molar-refractivity contribution in [3.8, 4) is 11.1 Å². The van der Waals surface area contributed by atoms with Gasteiger partial charge in [-0.15, -0.1) is 0 Å². The van der Waals surface area contributed by atoms with Crippen LogP contribution in [-0.2, 0) is 6.42 Å². The molecule has 1 radical (unpaired) electrons. The van der Waals surface area contributed by atoms with Gasteiger partial charge >= 0.3 is 0 Å². The molecule has 81 valence electrons. The van der Waals surface area contributed by atoms with Crippen LogP contribution in [-0.4, -0.2) is 6.04 Å². The van der Waals surface area contributed by atoms with Gasteiger partial charge in [0.1, 0.15) is 0 Å². The maximum atomic E-state index is 5.77. The van der Waals surface area contributed by atoms with E-state index in [0.717, 1.165) is 6.42 Å². The molecule has 0 saturated carbocycles. The van der Waals surface area contributed by atoms with Gasteiger partial charge in [0.05, 0.1) is 0 Å². The van der Waals surface area contributed by atoms with Crippen LogP contribution in [0.25, 0.3) is 11.1 Å². The summed E-state index contributed by atoms with van der Waals surface area (Å²) in [5.74, 6) is 0. The molecule has 0 saturated heterocycles. The van der Waals surface area contributed by atoms with E-state index in [1.54, 1.807) is 0 Å². The number of hydrogen-bond acceptors (Lipinski definition) is 1. The predicted octanol–water partition coefficient (Wildman–Crippen LogP) is 3.04. The summed E-state index contributed by atoms with van der Waals surface area (Å²) >= 11 is 0. The standard InChI is InChI=1S/C15H16N/c1-12(16)11-13-7-9-15(10-8-13)14-5-3-2-4-6-14/h3-10,12H,11,16H2,1H3. The van der Waals surface area contributed by atoms with E-state index >= 15 is 0 Å². The van der Waals surface area contributed by atoms with E-state index in [1.165, 1.54) is 16.7 Å². The lowest BCUT2D eigenvalue weighted by Gasteiger charge is -2.06. The van der Waals surface area contributed by atoms with Crippen molar-refractivity contribution >= 4 is 0 Å². The van der Waals surface area contributed by atoms with Gasteiger partial charge in [0, 0.05) is 6.04 Å². The molecule has 0 bridgehead atoms. The Kier molecular flexibility index (Phi) is 3.37. The molecule has 1 heteroatoms. The maximum absolute atomic E-state index is 5.77. The van der Waals surface area contributed by atoms with Crippen LogP contribution in [0.1, 0.15) is 12.5 Å². The molecule has 1 unspecified atom stereocenters. The van der Waals surface area contributed by atoms with Gasteiger partial charge < -0.3 is 5.73 Å². The SMILES string of the molecule is CC(N)Cc1ccc(-c2cc[c]cc2)cc1. The van der Waals surface area contributed by atoms with Crippen LogP contribution in [0.2, 0.25) is 0 Å². The van der Waals surface area contributed by atoms with Gasteiger partial charge in [0.2, 0.25) is 0 Å². The van der Waals surface area contributed by atoms with Crippen molar-refractivity contribution in [3.63, 3.8) is 0 Å². The molecule has 0 amide bonds. The zero-order valence-corrected chi connectivity index (χ0v) is 9.48. The number of benzene rings is 2. The Bertz CT molecular complexity index is 429. The summed E-state index contributed by atoms with van der Waals surface area (Å²) < 4.78 is 0. The third-order valence-corrected chi connectivity index (χ3v) is 2.56. The van der Waals surface area contributed by atoms with Crippen LogP contribution in [0.4, 0.5) is 0 Å². The molecule has 2 aromatic carbocycles. The quantitative estimate of drug-likeness (QED) is 0.828. The fraction of sp³-hybridized carbons (Fsp3) is 0.200. The molecule has 0 aliphatic carbocycles. The Morgan fingerprint density at radius 2 is 1.56 bits per heavy atom.